The first kappa shape index (κ1) is 12.2. The fourth-order valence-electron chi connectivity index (χ4n) is 3.26. The van der Waals surface area contributed by atoms with E-state index < -0.39 is 0 Å². The molecule has 20 heavy (non-hydrogen) atoms. The predicted octanol–water partition coefficient (Wildman–Crippen LogP) is 3.99. The van der Waals surface area contributed by atoms with Crippen LogP contribution >= 0.6 is 11.3 Å². The average Bonchev–Trinajstić information content (AvgIpc) is 3.04. The monoisotopic (exact) mass is 282 g/mol. The summed E-state index contributed by atoms with van der Waals surface area (Å²) in [6.45, 7) is 4.39. The number of nitrogens with zero attached hydrogens (tertiary/aromatic N) is 2. The molecule has 0 unspecified atom stereocenters. The molecule has 2 nitrogen and oxygen atoms in total. The van der Waals surface area contributed by atoms with E-state index in [1.54, 1.807) is 0 Å². The standard InChI is InChI=1S/C17H18N2S/c1-12-5-6-15-13(10-12)14-11-18(2)8-7-16(14)19(15)17-4-3-9-20-17/h3-6,9-10H,7-8,11H2,1-2H3. The van der Waals surface area contributed by atoms with Crippen LogP contribution in [0.25, 0.3) is 15.9 Å². The number of benzene rings is 1. The Balaban J connectivity index is 2.08. The Kier molecular flexibility index (Phi) is 2.72. The van der Waals surface area contributed by atoms with Gasteiger partial charge in [0.15, 0.2) is 0 Å². The number of aromatic nitrogens is 1. The first-order chi connectivity index (χ1) is 9.74. The van der Waals surface area contributed by atoms with Crippen molar-refractivity contribution >= 4 is 22.2 Å². The molecule has 1 aliphatic rings. The van der Waals surface area contributed by atoms with E-state index in [-0.39, 0.29) is 0 Å². The van der Waals surface area contributed by atoms with Crippen LogP contribution < -0.4 is 0 Å². The molecule has 1 aliphatic heterocycles. The third-order valence-electron chi connectivity index (χ3n) is 4.22. The smallest absolute Gasteiger partial charge is 0.0997 e. The second-order valence-corrected chi connectivity index (χ2v) is 6.65. The molecule has 0 bridgehead atoms. The van der Waals surface area contributed by atoms with Gasteiger partial charge in [-0.25, -0.2) is 0 Å². The van der Waals surface area contributed by atoms with Crippen molar-refractivity contribution in [2.75, 3.05) is 13.6 Å². The molecule has 0 saturated carbocycles. The topological polar surface area (TPSA) is 8.17 Å². The minimum atomic E-state index is 1.06. The van der Waals surface area contributed by atoms with Gasteiger partial charge < -0.3 is 9.47 Å². The molecule has 0 spiro atoms. The summed E-state index contributed by atoms with van der Waals surface area (Å²) in [5.41, 5.74) is 5.73. The second kappa shape index (κ2) is 4.47. The van der Waals surface area contributed by atoms with Crippen LogP contribution in [0, 0.1) is 6.92 Å². The molecule has 0 radical (unpaired) electrons. The SMILES string of the molecule is Cc1ccc2c(c1)c1c(n2-c2cccs2)CCN(C)C1. The number of hydrogen-bond donors (Lipinski definition) is 0. The molecule has 102 valence electrons. The molecule has 3 heteroatoms. The lowest BCUT2D eigenvalue weighted by molar-refractivity contribution is 0.311. The summed E-state index contributed by atoms with van der Waals surface area (Å²) in [6.07, 6.45) is 1.14. The highest BCUT2D eigenvalue weighted by Crippen LogP contribution is 2.34. The van der Waals surface area contributed by atoms with Crippen LogP contribution in [0.2, 0.25) is 0 Å². The van der Waals surface area contributed by atoms with Gasteiger partial charge in [0.1, 0.15) is 0 Å². The minimum absolute atomic E-state index is 1.06. The molecule has 0 saturated heterocycles. The highest BCUT2D eigenvalue weighted by Gasteiger charge is 2.23. The number of aryl methyl sites for hydroxylation is 1. The maximum Gasteiger partial charge on any atom is 0.0997 e. The predicted molar refractivity (Wildman–Crippen MR) is 85.9 cm³/mol. The third kappa shape index (κ3) is 1.74. The van der Waals surface area contributed by atoms with Crippen LogP contribution in [-0.4, -0.2) is 23.1 Å². The van der Waals surface area contributed by atoms with Crippen molar-refractivity contribution in [2.24, 2.45) is 0 Å². The highest BCUT2D eigenvalue weighted by molar-refractivity contribution is 7.12. The summed E-state index contributed by atoms with van der Waals surface area (Å²) in [5, 5.41) is 4.93. The molecule has 0 fully saturated rings. The molecule has 1 aromatic carbocycles. The molecular weight excluding hydrogens is 264 g/mol. The van der Waals surface area contributed by atoms with Gasteiger partial charge in [0.25, 0.3) is 0 Å². The quantitative estimate of drug-likeness (QED) is 0.655. The van der Waals surface area contributed by atoms with E-state index in [1.807, 2.05) is 11.3 Å². The molecule has 0 N–H and O–H groups in total. The van der Waals surface area contributed by atoms with Crippen LogP contribution in [0.5, 0.6) is 0 Å². The first-order valence-electron chi connectivity index (χ1n) is 7.09. The number of fused-ring (bicyclic) bond motifs is 3. The van der Waals surface area contributed by atoms with E-state index in [2.05, 4.69) is 59.2 Å². The van der Waals surface area contributed by atoms with Gasteiger partial charge in [0, 0.05) is 30.6 Å². The van der Waals surface area contributed by atoms with Crippen molar-refractivity contribution in [3.8, 4) is 5.00 Å². The van der Waals surface area contributed by atoms with Crippen molar-refractivity contribution in [2.45, 2.75) is 19.9 Å². The summed E-state index contributed by atoms with van der Waals surface area (Å²) in [7, 11) is 2.22. The van der Waals surface area contributed by atoms with Crippen molar-refractivity contribution < 1.29 is 0 Å². The van der Waals surface area contributed by atoms with Gasteiger partial charge in [-0.1, -0.05) is 11.6 Å². The zero-order chi connectivity index (χ0) is 13.7. The summed E-state index contributed by atoms with van der Waals surface area (Å²) < 4.78 is 2.47. The van der Waals surface area contributed by atoms with Crippen molar-refractivity contribution in [1.29, 1.82) is 0 Å². The van der Waals surface area contributed by atoms with Crippen molar-refractivity contribution in [3.63, 3.8) is 0 Å². The number of likely N-dealkylation sites (N-methyl/N-ethyl adjacent to an activating group) is 1. The van der Waals surface area contributed by atoms with E-state index in [4.69, 9.17) is 0 Å². The fraction of sp³-hybridized carbons (Fsp3) is 0.294. The Morgan fingerprint density at radius 3 is 2.90 bits per heavy atom. The van der Waals surface area contributed by atoms with Gasteiger partial charge in [0.2, 0.25) is 0 Å². The fourth-order valence-corrected chi connectivity index (χ4v) is 4.02. The maximum atomic E-state index is 2.47. The molecule has 4 rings (SSSR count). The highest BCUT2D eigenvalue weighted by atomic mass is 32.1. The van der Waals surface area contributed by atoms with Crippen LogP contribution in [0.3, 0.4) is 0 Å². The normalized spacial score (nSPS) is 15.7. The number of hydrogen-bond acceptors (Lipinski definition) is 2. The summed E-state index contributed by atoms with van der Waals surface area (Å²) >= 11 is 1.82. The average molecular weight is 282 g/mol. The molecule has 0 atom stereocenters. The largest absolute Gasteiger partial charge is 0.305 e. The zero-order valence-electron chi connectivity index (χ0n) is 11.9. The van der Waals surface area contributed by atoms with Gasteiger partial charge in [-0.2, -0.15) is 0 Å². The number of thiophene rings is 1. The Labute approximate surface area is 123 Å². The van der Waals surface area contributed by atoms with Gasteiger partial charge in [0.05, 0.1) is 10.5 Å². The molecule has 0 aliphatic carbocycles. The Bertz CT molecular complexity index is 768. The lowest BCUT2D eigenvalue weighted by Crippen LogP contribution is -2.27. The summed E-state index contributed by atoms with van der Waals surface area (Å²) in [6, 6.07) is 11.2. The van der Waals surface area contributed by atoms with E-state index in [9.17, 15) is 0 Å². The third-order valence-corrected chi connectivity index (χ3v) is 5.07. The summed E-state index contributed by atoms with van der Waals surface area (Å²) in [5.74, 6) is 0. The first-order valence-corrected chi connectivity index (χ1v) is 7.97. The Morgan fingerprint density at radius 1 is 1.20 bits per heavy atom. The van der Waals surface area contributed by atoms with Gasteiger partial charge >= 0.3 is 0 Å². The maximum absolute atomic E-state index is 2.47. The van der Waals surface area contributed by atoms with Crippen LogP contribution in [0.1, 0.15) is 16.8 Å². The van der Waals surface area contributed by atoms with E-state index in [1.165, 1.54) is 32.7 Å². The van der Waals surface area contributed by atoms with Gasteiger partial charge in [-0.05, 0) is 49.2 Å². The molecule has 0 amide bonds. The zero-order valence-corrected chi connectivity index (χ0v) is 12.7. The lowest BCUT2D eigenvalue weighted by atomic mass is 10.0. The van der Waals surface area contributed by atoms with Crippen LogP contribution in [0.4, 0.5) is 0 Å². The Morgan fingerprint density at radius 2 is 2.10 bits per heavy atom. The van der Waals surface area contributed by atoms with E-state index >= 15 is 0 Å². The lowest BCUT2D eigenvalue weighted by Gasteiger charge is -2.24. The van der Waals surface area contributed by atoms with Crippen LogP contribution in [-0.2, 0) is 13.0 Å². The minimum Gasteiger partial charge on any atom is -0.305 e. The second-order valence-electron chi connectivity index (χ2n) is 5.72. The number of rotatable bonds is 1. The molecular formula is C17H18N2S. The molecule has 3 aromatic rings. The Hall–Kier alpha value is -1.58. The van der Waals surface area contributed by atoms with Crippen LogP contribution in [0.15, 0.2) is 35.7 Å². The summed E-state index contributed by atoms with van der Waals surface area (Å²) in [4.78, 5) is 2.42. The van der Waals surface area contributed by atoms with Gasteiger partial charge in [-0.3, -0.25) is 0 Å². The van der Waals surface area contributed by atoms with E-state index in [0.29, 0.717) is 0 Å². The van der Waals surface area contributed by atoms with Gasteiger partial charge in [-0.15, -0.1) is 11.3 Å². The molecule has 3 heterocycles. The van der Waals surface area contributed by atoms with Crippen molar-refractivity contribution in [1.82, 2.24) is 9.47 Å². The van der Waals surface area contributed by atoms with Crippen molar-refractivity contribution in [3.05, 3.63) is 52.5 Å². The van der Waals surface area contributed by atoms with E-state index in [0.717, 1.165) is 19.5 Å². The molecule has 2 aromatic heterocycles.